The first-order valence-corrected chi connectivity index (χ1v) is 5.22. The molecule has 0 spiro atoms. The van der Waals surface area contributed by atoms with Crippen LogP contribution in [0.1, 0.15) is 11.4 Å². The monoisotopic (exact) mass is 241 g/mol. The standard InChI is InChI=1S/C8H8.C5H7N5/c1-2-8-6-4-3-5-7-8;1-2-3-8-4(6)10-5(7)9-3/h2-7H,1H2;2H,1H2,(H4,6,7,8,9,10). The number of anilines is 2. The molecule has 5 nitrogen and oxygen atoms in total. The quantitative estimate of drug-likeness (QED) is 0.839. The molecule has 0 bridgehead atoms. The van der Waals surface area contributed by atoms with Crippen LogP contribution >= 0.6 is 0 Å². The van der Waals surface area contributed by atoms with E-state index in [0.717, 1.165) is 0 Å². The summed E-state index contributed by atoms with van der Waals surface area (Å²) in [5, 5.41) is 0. The second kappa shape index (κ2) is 6.80. The maximum atomic E-state index is 5.24. The van der Waals surface area contributed by atoms with Crippen molar-refractivity contribution in [1.82, 2.24) is 15.0 Å². The maximum absolute atomic E-state index is 5.24. The summed E-state index contributed by atoms with van der Waals surface area (Å²) >= 11 is 0. The lowest BCUT2D eigenvalue weighted by atomic mass is 10.2. The second-order valence-electron chi connectivity index (χ2n) is 3.23. The summed E-state index contributed by atoms with van der Waals surface area (Å²) in [6.45, 7) is 7.08. The van der Waals surface area contributed by atoms with Crippen LogP contribution in [0.5, 0.6) is 0 Å². The predicted molar refractivity (Wildman–Crippen MR) is 75.3 cm³/mol. The van der Waals surface area contributed by atoms with Crippen molar-refractivity contribution in [3.05, 3.63) is 54.9 Å². The van der Waals surface area contributed by atoms with Crippen molar-refractivity contribution in [2.45, 2.75) is 0 Å². The fourth-order valence-electron chi connectivity index (χ4n) is 1.11. The second-order valence-corrected chi connectivity index (χ2v) is 3.23. The number of nitrogens with zero attached hydrogens (tertiary/aromatic N) is 3. The maximum Gasteiger partial charge on any atom is 0.225 e. The molecule has 1 aromatic carbocycles. The first-order valence-electron chi connectivity index (χ1n) is 5.22. The fourth-order valence-corrected chi connectivity index (χ4v) is 1.11. The molecule has 0 radical (unpaired) electrons. The molecule has 4 N–H and O–H groups in total. The molecular weight excluding hydrogens is 226 g/mol. The zero-order valence-corrected chi connectivity index (χ0v) is 9.95. The molecule has 0 aliphatic heterocycles. The van der Waals surface area contributed by atoms with Gasteiger partial charge in [-0.25, -0.2) is 0 Å². The number of nitrogens with two attached hydrogens (primary N) is 2. The summed E-state index contributed by atoms with van der Waals surface area (Å²) in [7, 11) is 0. The van der Waals surface area contributed by atoms with Gasteiger partial charge >= 0.3 is 0 Å². The molecule has 0 aliphatic carbocycles. The lowest BCUT2D eigenvalue weighted by Gasteiger charge is -1.94. The zero-order valence-electron chi connectivity index (χ0n) is 9.95. The molecule has 0 unspecified atom stereocenters. The minimum absolute atomic E-state index is 0.113. The van der Waals surface area contributed by atoms with E-state index in [1.54, 1.807) is 0 Å². The summed E-state index contributed by atoms with van der Waals surface area (Å²) in [5.41, 5.74) is 11.7. The lowest BCUT2D eigenvalue weighted by Crippen LogP contribution is -2.03. The van der Waals surface area contributed by atoms with Crippen LogP contribution in [0, 0.1) is 0 Å². The Hall–Kier alpha value is -2.69. The van der Waals surface area contributed by atoms with Gasteiger partial charge in [0.15, 0.2) is 5.82 Å². The van der Waals surface area contributed by atoms with Crippen LogP contribution in [0.3, 0.4) is 0 Å². The topological polar surface area (TPSA) is 90.7 Å². The molecule has 1 heterocycles. The lowest BCUT2D eigenvalue weighted by molar-refractivity contribution is 1.06. The van der Waals surface area contributed by atoms with E-state index in [-0.39, 0.29) is 11.9 Å². The van der Waals surface area contributed by atoms with Crippen molar-refractivity contribution < 1.29 is 0 Å². The summed E-state index contributed by atoms with van der Waals surface area (Å²) < 4.78 is 0. The molecule has 5 heteroatoms. The Kier molecular flexibility index (Phi) is 5.05. The van der Waals surface area contributed by atoms with E-state index in [0.29, 0.717) is 5.82 Å². The van der Waals surface area contributed by atoms with Gasteiger partial charge < -0.3 is 11.5 Å². The predicted octanol–water partition coefficient (Wildman–Crippen LogP) is 2.01. The van der Waals surface area contributed by atoms with E-state index >= 15 is 0 Å². The molecule has 0 amide bonds. The third-order valence-corrected chi connectivity index (χ3v) is 1.91. The average Bonchev–Trinajstić information content (AvgIpc) is 2.39. The molecule has 18 heavy (non-hydrogen) atoms. The summed E-state index contributed by atoms with van der Waals surface area (Å²) in [6.07, 6.45) is 3.29. The highest BCUT2D eigenvalue weighted by Gasteiger charge is 1.95. The van der Waals surface area contributed by atoms with Crippen molar-refractivity contribution >= 4 is 24.0 Å². The Morgan fingerprint density at radius 1 is 0.833 bits per heavy atom. The first-order chi connectivity index (χ1) is 8.65. The van der Waals surface area contributed by atoms with E-state index in [1.807, 2.05) is 36.4 Å². The third-order valence-electron chi connectivity index (χ3n) is 1.91. The van der Waals surface area contributed by atoms with Crippen LogP contribution in [0.25, 0.3) is 12.2 Å². The summed E-state index contributed by atoms with van der Waals surface area (Å²) in [6, 6.07) is 10.0. The van der Waals surface area contributed by atoms with Gasteiger partial charge in [-0.2, -0.15) is 15.0 Å². The molecule has 1 aromatic heterocycles. The first kappa shape index (κ1) is 13.4. The Morgan fingerprint density at radius 2 is 1.39 bits per heavy atom. The number of rotatable bonds is 2. The van der Waals surface area contributed by atoms with E-state index in [1.165, 1.54) is 11.6 Å². The van der Waals surface area contributed by atoms with Crippen molar-refractivity contribution in [2.75, 3.05) is 11.5 Å². The van der Waals surface area contributed by atoms with E-state index < -0.39 is 0 Å². The van der Waals surface area contributed by atoms with Gasteiger partial charge in [-0.3, -0.25) is 0 Å². The van der Waals surface area contributed by atoms with Gasteiger partial charge in [0.25, 0.3) is 0 Å². The molecule has 0 fully saturated rings. The molecule has 92 valence electrons. The Labute approximate surface area is 106 Å². The Balaban J connectivity index is 0.000000184. The number of aromatic nitrogens is 3. The van der Waals surface area contributed by atoms with Gasteiger partial charge in [0.1, 0.15) is 0 Å². The SMILES string of the molecule is C=Cc1ccccc1.C=Cc1nc(N)nc(N)n1. The van der Waals surface area contributed by atoms with Crippen molar-refractivity contribution in [2.24, 2.45) is 0 Å². The van der Waals surface area contributed by atoms with Gasteiger partial charge in [-0.15, -0.1) is 0 Å². The molecule has 0 saturated heterocycles. The molecule has 0 atom stereocenters. The van der Waals surface area contributed by atoms with Gasteiger partial charge in [0.05, 0.1) is 0 Å². The van der Waals surface area contributed by atoms with Crippen LogP contribution in [-0.4, -0.2) is 15.0 Å². The van der Waals surface area contributed by atoms with Gasteiger partial charge in [-0.05, 0) is 11.6 Å². The highest BCUT2D eigenvalue weighted by molar-refractivity contribution is 5.45. The van der Waals surface area contributed by atoms with Crippen LogP contribution in [0.4, 0.5) is 11.9 Å². The van der Waals surface area contributed by atoms with Gasteiger partial charge in [0, 0.05) is 0 Å². The van der Waals surface area contributed by atoms with Gasteiger partial charge in [0.2, 0.25) is 11.9 Å². The minimum Gasteiger partial charge on any atom is -0.368 e. The van der Waals surface area contributed by atoms with E-state index in [4.69, 9.17) is 11.5 Å². The summed E-state index contributed by atoms with van der Waals surface area (Å²) in [5.74, 6) is 0.620. The molecule has 0 aliphatic rings. The fraction of sp³-hybridized carbons (Fsp3) is 0. The van der Waals surface area contributed by atoms with Crippen LogP contribution in [0.15, 0.2) is 43.5 Å². The van der Waals surface area contributed by atoms with Gasteiger partial charge in [-0.1, -0.05) is 49.6 Å². The van der Waals surface area contributed by atoms with Crippen molar-refractivity contribution in [3.8, 4) is 0 Å². The third kappa shape index (κ3) is 4.44. The minimum atomic E-state index is 0.113. The number of nitrogen functional groups attached to an aromatic ring is 2. The number of benzene rings is 1. The Bertz CT molecular complexity index is 502. The molecule has 0 saturated carbocycles. The van der Waals surface area contributed by atoms with Crippen LogP contribution in [-0.2, 0) is 0 Å². The Morgan fingerprint density at radius 3 is 1.78 bits per heavy atom. The van der Waals surface area contributed by atoms with E-state index in [2.05, 4.69) is 28.1 Å². The van der Waals surface area contributed by atoms with Crippen molar-refractivity contribution in [1.29, 1.82) is 0 Å². The zero-order chi connectivity index (χ0) is 13.4. The normalized spacial score (nSPS) is 8.89. The average molecular weight is 241 g/mol. The number of hydrogen-bond donors (Lipinski definition) is 2. The smallest absolute Gasteiger partial charge is 0.225 e. The van der Waals surface area contributed by atoms with Crippen molar-refractivity contribution in [3.63, 3.8) is 0 Å². The molecular formula is C13H15N5. The number of hydrogen-bond acceptors (Lipinski definition) is 5. The highest BCUT2D eigenvalue weighted by Crippen LogP contribution is 1.98. The van der Waals surface area contributed by atoms with Crippen LogP contribution < -0.4 is 11.5 Å². The van der Waals surface area contributed by atoms with Crippen LogP contribution in [0.2, 0.25) is 0 Å². The molecule has 2 aromatic rings. The summed E-state index contributed by atoms with van der Waals surface area (Å²) in [4.78, 5) is 11.0. The van der Waals surface area contributed by atoms with E-state index in [9.17, 15) is 0 Å². The molecule has 2 rings (SSSR count). The largest absolute Gasteiger partial charge is 0.368 e. The highest BCUT2D eigenvalue weighted by atomic mass is 15.1.